The Morgan fingerprint density at radius 3 is 1.36 bits per heavy atom. The number of ether oxygens (including phenoxy) is 2. The summed E-state index contributed by atoms with van der Waals surface area (Å²) < 4.78 is 64.6. The molecule has 2 nitrogen and oxygen atoms in total. The maximum Gasteiger partial charge on any atom is 0.213 e. The number of benzene rings is 1. The first-order valence-corrected chi connectivity index (χ1v) is 9.02. The van der Waals surface area contributed by atoms with Crippen molar-refractivity contribution < 1.29 is 27.0 Å². The molecule has 0 radical (unpaired) electrons. The first-order chi connectivity index (χ1) is 10.5. The van der Waals surface area contributed by atoms with Gasteiger partial charge in [0, 0.05) is 10.7 Å². The minimum absolute atomic E-state index is 0.00641. The third kappa shape index (κ3) is 5.30. The van der Waals surface area contributed by atoms with Gasteiger partial charge in [-0.05, 0) is 25.7 Å². The Balaban J connectivity index is 2.89. The fraction of sp³-hybridized carbons (Fsp3) is 0.571. The topological polar surface area (TPSA) is 18.5 Å². The van der Waals surface area contributed by atoms with Gasteiger partial charge in [-0.3, -0.25) is 0 Å². The standard InChI is InChI=1S/C14H16Br2F4O2/c15-5-1-3-7-21-13-10(18)9(17)11(19)14(12(13)20)22-8-4-2-6-16/h1-8H2. The summed E-state index contributed by atoms with van der Waals surface area (Å²) in [7, 11) is 0. The van der Waals surface area contributed by atoms with Crippen LogP contribution in [0.4, 0.5) is 17.6 Å². The van der Waals surface area contributed by atoms with Gasteiger partial charge in [-0.15, -0.1) is 0 Å². The summed E-state index contributed by atoms with van der Waals surface area (Å²) in [4.78, 5) is 0. The molecule has 0 saturated carbocycles. The van der Waals surface area contributed by atoms with Crippen LogP contribution in [0.5, 0.6) is 11.5 Å². The molecular formula is C14H16Br2F4O2. The largest absolute Gasteiger partial charge is 0.487 e. The van der Waals surface area contributed by atoms with Crippen molar-refractivity contribution >= 4 is 31.9 Å². The molecule has 1 aromatic rings. The molecule has 0 N–H and O–H groups in total. The van der Waals surface area contributed by atoms with E-state index in [9.17, 15) is 17.6 Å². The van der Waals surface area contributed by atoms with Crippen molar-refractivity contribution in [1.29, 1.82) is 0 Å². The van der Waals surface area contributed by atoms with Gasteiger partial charge in [0.05, 0.1) is 13.2 Å². The van der Waals surface area contributed by atoms with Gasteiger partial charge in [-0.25, -0.2) is 4.39 Å². The molecule has 0 spiro atoms. The monoisotopic (exact) mass is 450 g/mol. The number of hydrogen-bond acceptors (Lipinski definition) is 2. The molecule has 0 unspecified atom stereocenters. The van der Waals surface area contributed by atoms with Crippen molar-refractivity contribution in [1.82, 2.24) is 0 Å². The molecule has 0 aromatic heterocycles. The third-order valence-corrected chi connectivity index (χ3v) is 3.85. The minimum Gasteiger partial charge on any atom is -0.487 e. The second-order valence-electron chi connectivity index (χ2n) is 4.40. The summed E-state index contributed by atoms with van der Waals surface area (Å²) >= 11 is 6.40. The van der Waals surface area contributed by atoms with Crippen LogP contribution in [0, 0.1) is 23.3 Å². The van der Waals surface area contributed by atoms with E-state index in [0.29, 0.717) is 23.5 Å². The van der Waals surface area contributed by atoms with E-state index in [1.807, 2.05) is 0 Å². The molecule has 0 aliphatic rings. The van der Waals surface area contributed by atoms with Gasteiger partial charge in [-0.2, -0.15) is 13.2 Å². The molecular weight excluding hydrogens is 436 g/mol. The van der Waals surface area contributed by atoms with Crippen molar-refractivity contribution in [3.8, 4) is 11.5 Å². The molecule has 0 amide bonds. The van der Waals surface area contributed by atoms with Gasteiger partial charge in [0.1, 0.15) is 0 Å². The third-order valence-electron chi connectivity index (χ3n) is 2.73. The van der Waals surface area contributed by atoms with E-state index in [-0.39, 0.29) is 13.2 Å². The van der Waals surface area contributed by atoms with E-state index in [2.05, 4.69) is 31.9 Å². The van der Waals surface area contributed by atoms with Crippen LogP contribution in [0.3, 0.4) is 0 Å². The number of alkyl halides is 2. The van der Waals surface area contributed by atoms with Crippen LogP contribution in [0.15, 0.2) is 0 Å². The zero-order valence-corrected chi connectivity index (χ0v) is 14.9. The van der Waals surface area contributed by atoms with Gasteiger partial charge in [0.15, 0.2) is 11.5 Å². The van der Waals surface area contributed by atoms with E-state index in [1.165, 1.54) is 0 Å². The molecule has 0 saturated heterocycles. The zero-order valence-electron chi connectivity index (χ0n) is 11.7. The molecule has 0 fully saturated rings. The Kier molecular flexibility index (Phi) is 9.16. The molecule has 0 aliphatic heterocycles. The lowest BCUT2D eigenvalue weighted by atomic mass is 10.2. The first-order valence-electron chi connectivity index (χ1n) is 6.78. The SMILES string of the molecule is Fc1c(F)c(OCCCCBr)c(F)c(OCCCCBr)c1F. The lowest BCUT2D eigenvalue weighted by molar-refractivity contribution is 0.237. The van der Waals surface area contributed by atoms with Crippen LogP contribution in [0.1, 0.15) is 25.7 Å². The number of hydrogen-bond donors (Lipinski definition) is 0. The Hall–Kier alpha value is -0.500. The van der Waals surface area contributed by atoms with Gasteiger partial charge in [-0.1, -0.05) is 31.9 Å². The summed E-state index contributed by atoms with van der Waals surface area (Å²) in [5, 5.41) is 1.42. The second kappa shape index (κ2) is 10.3. The quantitative estimate of drug-likeness (QED) is 0.157. The molecule has 22 heavy (non-hydrogen) atoms. The maximum absolute atomic E-state index is 14.1. The van der Waals surface area contributed by atoms with Crippen molar-refractivity contribution in [2.75, 3.05) is 23.9 Å². The highest BCUT2D eigenvalue weighted by molar-refractivity contribution is 9.09. The smallest absolute Gasteiger partial charge is 0.213 e. The highest BCUT2D eigenvalue weighted by Crippen LogP contribution is 2.35. The molecule has 0 bridgehead atoms. The molecule has 8 heteroatoms. The maximum atomic E-state index is 14.1. The average molecular weight is 452 g/mol. The molecule has 0 atom stereocenters. The molecule has 0 aliphatic carbocycles. The second-order valence-corrected chi connectivity index (χ2v) is 5.99. The van der Waals surface area contributed by atoms with Gasteiger partial charge in [0.25, 0.3) is 0 Å². The summed E-state index contributed by atoms with van der Waals surface area (Å²) in [6, 6.07) is 0. The van der Waals surface area contributed by atoms with Crippen LogP contribution < -0.4 is 9.47 Å². The molecule has 0 heterocycles. The zero-order chi connectivity index (χ0) is 16.5. The van der Waals surface area contributed by atoms with Crippen molar-refractivity contribution in [3.05, 3.63) is 23.3 Å². The van der Waals surface area contributed by atoms with Crippen molar-refractivity contribution in [2.24, 2.45) is 0 Å². The number of halogens is 6. The van der Waals surface area contributed by atoms with Gasteiger partial charge in [0.2, 0.25) is 23.3 Å². The van der Waals surface area contributed by atoms with Crippen LogP contribution in [-0.2, 0) is 0 Å². The van der Waals surface area contributed by atoms with Crippen LogP contribution >= 0.6 is 31.9 Å². The van der Waals surface area contributed by atoms with Crippen LogP contribution in [0.25, 0.3) is 0 Å². The van der Waals surface area contributed by atoms with E-state index >= 15 is 0 Å². The summed E-state index contributed by atoms with van der Waals surface area (Å²) in [5.74, 6) is -8.39. The summed E-state index contributed by atoms with van der Waals surface area (Å²) in [6.07, 6.45) is 2.49. The van der Waals surface area contributed by atoms with Crippen LogP contribution in [0.2, 0.25) is 0 Å². The van der Waals surface area contributed by atoms with Gasteiger partial charge < -0.3 is 9.47 Å². The Bertz CT molecular complexity index is 447. The van der Waals surface area contributed by atoms with E-state index < -0.39 is 34.8 Å². The normalized spacial score (nSPS) is 10.8. The fourth-order valence-corrected chi connectivity index (χ4v) is 2.38. The van der Waals surface area contributed by atoms with E-state index in [1.54, 1.807) is 0 Å². The van der Waals surface area contributed by atoms with E-state index in [0.717, 1.165) is 12.8 Å². The fourth-order valence-electron chi connectivity index (χ4n) is 1.59. The Morgan fingerprint density at radius 1 is 0.591 bits per heavy atom. The average Bonchev–Trinajstić information content (AvgIpc) is 2.51. The van der Waals surface area contributed by atoms with Crippen molar-refractivity contribution in [3.63, 3.8) is 0 Å². The van der Waals surface area contributed by atoms with Gasteiger partial charge >= 0.3 is 0 Å². The summed E-state index contributed by atoms with van der Waals surface area (Å²) in [5.41, 5.74) is 0. The highest BCUT2D eigenvalue weighted by Gasteiger charge is 2.27. The summed E-state index contributed by atoms with van der Waals surface area (Å²) in [6.45, 7) is -0.0128. The predicted octanol–water partition coefficient (Wildman–Crippen LogP) is 5.35. The van der Waals surface area contributed by atoms with Crippen molar-refractivity contribution in [2.45, 2.75) is 25.7 Å². The Labute approximate surface area is 143 Å². The minimum atomic E-state index is -1.80. The lowest BCUT2D eigenvalue weighted by Gasteiger charge is -2.14. The molecule has 1 aromatic carbocycles. The lowest BCUT2D eigenvalue weighted by Crippen LogP contribution is -2.09. The number of rotatable bonds is 10. The molecule has 126 valence electrons. The van der Waals surface area contributed by atoms with E-state index in [4.69, 9.17) is 9.47 Å². The predicted molar refractivity (Wildman–Crippen MR) is 83.3 cm³/mol. The first kappa shape index (κ1) is 19.5. The molecule has 1 rings (SSSR count). The van der Waals surface area contributed by atoms with Crippen LogP contribution in [-0.4, -0.2) is 23.9 Å². The highest BCUT2D eigenvalue weighted by atomic mass is 79.9. The number of unbranched alkanes of at least 4 members (excludes halogenated alkanes) is 2. The Morgan fingerprint density at radius 2 is 1.00 bits per heavy atom.